The third kappa shape index (κ3) is 2.71. The molecule has 0 saturated carbocycles. The van der Waals surface area contributed by atoms with E-state index in [1.807, 2.05) is 0 Å². The third-order valence-corrected chi connectivity index (χ3v) is 1.57. The Balaban J connectivity index is 4.38. The van der Waals surface area contributed by atoms with Gasteiger partial charge in [-0.3, -0.25) is 5.73 Å². The van der Waals surface area contributed by atoms with Crippen molar-refractivity contribution >= 4 is 0 Å². The van der Waals surface area contributed by atoms with Crippen LogP contribution in [0.3, 0.4) is 0 Å². The predicted octanol–water partition coefficient (Wildman–Crippen LogP) is 0.443. The van der Waals surface area contributed by atoms with Gasteiger partial charge >= 0.3 is 0 Å². The van der Waals surface area contributed by atoms with Crippen LogP contribution in [0.25, 0.3) is 0 Å². The van der Waals surface area contributed by atoms with Gasteiger partial charge in [0.25, 0.3) is 5.91 Å². The lowest BCUT2D eigenvalue weighted by molar-refractivity contribution is -0.306. The second kappa shape index (κ2) is 4.18. The van der Waals surface area contributed by atoms with Gasteiger partial charge in [0.1, 0.15) is 5.60 Å². The Kier molecular flexibility index (Phi) is 4.13. The maximum absolute atomic E-state index is 9.62. The van der Waals surface area contributed by atoms with Crippen molar-refractivity contribution in [3.8, 4) is 0 Å². The molecule has 0 amide bonds. The molecule has 0 bridgehead atoms. The van der Waals surface area contributed by atoms with Crippen molar-refractivity contribution < 1.29 is 14.6 Å². The summed E-state index contributed by atoms with van der Waals surface area (Å²) in [5, 5.41) is 9.62. The van der Waals surface area contributed by atoms with E-state index in [0.29, 0.717) is 13.2 Å². The van der Waals surface area contributed by atoms with Crippen LogP contribution >= 0.6 is 0 Å². The van der Waals surface area contributed by atoms with E-state index in [0.717, 1.165) is 0 Å². The van der Waals surface area contributed by atoms with Gasteiger partial charge in [-0.1, -0.05) is 0 Å². The normalized spacial score (nSPS) is 13.5. The van der Waals surface area contributed by atoms with Gasteiger partial charge in [0.2, 0.25) is 0 Å². The first-order valence-electron chi connectivity index (χ1n) is 4.16. The van der Waals surface area contributed by atoms with Crippen LogP contribution in [0.1, 0.15) is 27.7 Å². The van der Waals surface area contributed by atoms with Crippen LogP contribution in [-0.2, 0) is 9.47 Å². The molecule has 0 aliphatic heterocycles. The highest BCUT2D eigenvalue weighted by Gasteiger charge is 2.42. The van der Waals surface area contributed by atoms with Crippen molar-refractivity contribution in [3.63, 3.8) is 0 Å². The van der Waals surface area contributed by atoms with Crippen molar-refractivity contribution in [1.82, 2.24) is 0 Å². The monoisotopic (exact) mass is 177 g/mol. The fourth-order valence-electron chi connectivity index (χ4n) is 0.824. The van der Waals surface area contributed by atoms with E-state index in [4.69, 9.17) is 15.2 Å². The summed E-state index contributed by atoms with van der Waals surface area (Å²) in [6, 6.07) is 0. The largest absolute Gasteiger partial charge is 0.383 e. The molecule has 0 atom stereocenters. The Labute approximate surface area is 73.7 Å². The highest BCUT2D eigenvalue weighted by molar-refractivity contribution is 4.81. The second-order valence-corrected chi connectivity index (χ2v) is 3.09. The minimum absolute atomic E-state index is 0.403. The quantitative estimate of drug-likeness (QED) is 0.598. The van der Waals surface area contributed by atoms with Crippen LogP contribution < -0.4 is 5.73 Å². The number of hydrogen-bond acceptors (Lipinski definition) is 4. The number of aliphatic hydroxyl groups is 1. The molecule has 0 radical (unpaired) electrons. The SMILES string of the molecule is CCOC(N)(OCC)C(C)(C)O. The molecule has 0 aliphatic carbocycles. The Morgan fingerprint density at radius 2 is 1.50 bits per heavy atom. The van der Waals surface area contributed by atoms with Crippen molar-refractivity contribution in [1.29, 1.82) is 0 Å². The van der Waals surface area contributed by atoms with E-state index >= 15 is 0 Å². The Morgan fingerprint density at radius 1 is 1.17 bits per heavy atom. The molecule has 74 valence electrons. The van der Waals surface area contributed by atoms with Gasteiger partial charge in [0.15, 0.2) is 0 Å². The van der Waals surface area contributed by atoms with Crippen molar-refractivity contribution in [2.75, 3.05) is 13.2 Å². The van der Waals surface area contributed by atoms with Crippen LogP contribution in [0.15, 0.2) is 0 Å². The highest BCUT2D eigenvalue weighted by Crippen LogP contribution is 2.21. The van der Waals surface area contributed by atoms with Gasteiger partial charge in [-0.2, -0.15) is 0 Å². The maximum atomic E-state index is 9.62. The molecule has 0 aromatic rings. The topological polar surface area (TPSA) is 64.7 Å². The summed E-state index contributed by atoms with van der Waals surface area (Å²) >= 11 is 0. The van der Waals surface area contributed by atoms with Gasteiger partial charge in [0, 0.05) is 13.2 Å². The Morgan fingerprint density at radius 3 is 1.67 bits per heavy atom. The lowest BCUT2D eigenvalue weighted by atomic mass is 10.1. The summed E-state index contributed by atoms with van der Waals surface area (Å²) < 4.78 is 10.3. The molecule has 0 unspecified atom stereocenters. The molecule has 0 aromatic heterocycles. The number of rotatable bonds is 5. The summed E-state index contributed by atoms with van der Waals surface area (Å²) in [5.74, 6) is -1.41. The molecule has 4 heteroatoms. The van der Waals surface area contributed by atoms with E-state index in [1.54, 1.807) is 27.7 Å². The van der Waals surface area contributed by atoms with Crippen LogP contribution in [-0.4, -0.2) is 29.8 Å². The molecule has 4 nitrogen and oxygen atoms in total. The van der Waals surface area contributed by atoms with Gasteiger partial charge in [-0.25, -0.2) is 0 Å². The summed E-state index contributed by atoms with van der Waals surface area (Å²) in [6.45, 7) is 7.51. The first kappa shape index (κ1) is 11.8. The number of nitrogens with two attached hydrogens (primary N) is 1. The minimum Gasteiger partial charge on any atom is -0.383 e. The van der Waals surface area contributed by atoms with Crippen molar-refractivity contribution in [2.24, 2.45) is 5.73 Å². The summed E-state index contributed by atoms with van der Waals surface area (Å²) in [4.78, 5) is 0. The Hall–Kier alpha value is -0.160. The predicted molar refractivity (Wildman–Crippen MR) is 46.5 cm³/mol. The summed E-state index contributed by atoms with van der Waals surface area (Å²) in [5.41, 5.74) is 4.49. The zero-order chi connectivity index (χ0) is 9.83. The summed E-state index contributed by atoms with van der Waals surface area (Å²) in [7, 11) is 0. The van der Waals surface area contributed by atoms with Crippen molar-refractivity contribution in [2.45, 2.75) is 39.2 Å². The lowest BCUT2D eigenvalue weighted by Crippen LogP contribution is -2.61. The molecular weight excluding hydrogens is 158 g/mol. The zero-order valence-corrected chi connectivity index (χ0v) is 8.26. The standard InChI is InChI=1S/C8H19NO3/c1-5-11-8(9,12-6-2)7(3,4)10/h10H,5-6,9H2,1-4H3. The first-order valence-corrected chi connectivity index (χ1v) is 4.16. The van der Waals surface area contributed by atoms with Crippen LogP contribution in [0.4, 0.5) is 0 Å². The molecule has 0 aromatic carbocycles. The molecule has 3 N–H and O–H groups in total. The first-order chi connectivity index (χ1) is 5.37. The summed E-state index contributed by atoms with van der Waals surface area (Å²) in [6.07, 6.45) is 0. The minimum atomic E-state index is -1.41. The lowest BCUT2D eigenvalue weighted by Gasteiger charge is -2.38. The molecular formula is C8H19NO3. The van der Waals surface area contributed by atoms with Gasteiger partial charge in [-0.15, -0.1) is 0 Å². The molecule has 0 saturated heterocycles. The molecule has 0 spiro atoms. The van der Waals surface area contributed by atoms with E-state index in [1.165, 1.54) is 0 Å². The average Bonchev–Trinajstić information content (AvgIpc) is 1.86. The number of ether oxygens (including phenoxy) is 2. The van der Waals surface area contributed by atoms with E-state index in [-0.39, 0.29) is 0 Å². The van der Waals surface area contributed by atoms with Crippen LogP contribution in [0, 0.1) is 0 Å². The highest BCUT2D eigenvalue weighted by atomic mass is 16.7. The average molecular weight is 177 g/mol. The molecule has 0 heterocycles. The molecule has 12 heavy (non-hydrogen) atoms. The van der Waals surface area contributed by atoms with E-state index in [2.05, 4.69) is 0 Å². The molecule has 0 aliphatic rings. The van der Waals surface area contributed by atoms with Gasteiger partial charge in [-0.05, 0) is 27.7 Å². The molecule has 0 fully saturated rings. The second-order valence-electron chi connectivity index (χ2n) is 3.09. The maximum Gasteiger partial charge on any atom is 0.254 e. The van der Waals surface area contributed by atoms with Gasteiger partial charge in [0.05, 0.1) is 0 Å². The van der Waals surface area contributed by atoms with Crippen LogP contribution in [0.2, 0.25) is 0 Å². The van der Waals surface area contributed by atoms with Crippen LogP contribution in [0.5, 0.6) is 0 Å². The number of hydrogen-bond donors (Lipinski definition) is 2. The third-order valence-electron chi connectivity index (χ3n) is 1.57. The van der Waals surface area contributed by atoms with Crippen molar-refractivity contribution in [3.05, 3.63) is 0 Å². The fourth-order valence-corrected chi connectivity index (χ4v) is 0.824. The Bertz CT molecular complexity index is 125. The fraction of sp³-hybridized carbons (Fsp3) is 1.00. The van der Waals surface area contributed by atoms with E-state index < -0.39 is 11.5 Å². The van der Waals surface area contributed by atoms with Gasteiger partial charge < -0.3 is 14.6 Å². The smallest absolute Gasteiger partial charge is 0.254 e. The molecule has 0 rings (SSSR count). The zero-order valence-electron chi connectivity index (χ0n) is 8.26. The van der Waals surface area contributed by atoms with E-state index in [9.17, 15) is 5.11 Å².